The molecule has 1 aromatic rings. The Kier molecular flexibility index (Phi) is 5.35. The average Bonchev–Trinajstić information content (AvgIpc) is 3.29. The van der Waals surface area contributed by atoms with E-state index in [0.717, 1.165) is 12.8 Å². The van der Waals surface area contributed by atoms with Crippen LogP contribution in [0.3, 0.4) is 0 Å². The van der Waals surface area contributed by atoms with Crippen LogP contribution in [-0.4, -0.2) is 23.7 Å². The van der Waals surface area contributed by atoms with Crippen molar-refractivity contribution in [3.05, 3.63) is 35.1 Å². The molecule has 1 saturated carbocycles. The molecule has 0 saturated heterocycles. The van der Waals surface area contributed by atoms with Crippen LogP contribution in [0.1, 0.15) is 48.5 Å². The largest absolute Gasteiger partial charge is 0.384 e. The number of hydrogen-bond acceptors (Lipinski definition) is 2. The average molecular weight is 289 g/mol. The summed E-state index contributed by atoms with van der Waals surface area (Å²) in [5, 5.41) is 11.6. The van der Waals surface area contributed by atoms with Crippen molar-refractivity contribution >= 4 is 5.91 Å². The SMILES string of the molecule is CCC(CC1CC1)NC(=O)c1cc(C#CCO)ccc1F. The van der Waals surface area contributed by atoms with E-state index in [2.05, 4.69) is 17.2 Å². The Morgan fingerprint density at radius 1 is 1.52 bits per heavy atom. The Morgan fingerprint density at radius 3 is 2.90 bits per heavy atom. The van der Waals surface area contributed by atoms with Gasteiger partial charge in [0.2, 0.25) is 0 Å². The van der Waals surface area contributed by atoms with Crippen LogP contribution in [0, 0.1) is 23.6 Å². The van der Waals surface area contributed by atoms with Crippen LogP contribution in [-0.2, 0) is 0 Å². The van der Waals surface area contributed by atoms with Gasteiger partial charge >= 0.3 is 0 Å². The summed E-state index contributed by atoms with van der Waals surface area (Å²) in [4.78, 5) is 12.2. The predicted molar refractivity (Wildman–Crippen MR) is 79.3 cm³/mol. The zero-order valence-electron chi connectivity index (χ0n) is 12.2. The highest BCUT2D eigenvalue weighted by Gasteiger charge is 2.26. The number of nitrogens with one attached hydrogen (secondary N) is 1. The van der Waals surface area contributed by atoms with Gasteiger partial charge in [0.25, 0.3) is 5.91 Å². The summed E-state index contributed by atoms with van der Waals surface area (Å²) < 4.78 is 13.8. The van der Waals surface area contributed by atoms with Crippen molar-refractivity contribution in [2.45, 2.75) is 38.6 Å². The molecule has 0 spiro atoms. The molecule has 1 amide bonds. The van der Waals surface area contributed by atoms with Crippen LogP contribution in [0.4, 0.5) is 4.39 Å². The molecule has 3 nitrogen and oxygen atoms in total. The molecule has 0 bridgehead atoms. The van der Waals surface area contributed by atoms with Gasteiger partial charge in [-0.05, 0) is 37.0 Å². The van der Waals surface area contributed by atoms with Gasteiger partial charge in [0, 0.05) is 11.6 Å². The molecule has 2 rings (SSSR count). The second-order valence-electron chi connectivity index (χ2n) is 5.41. The normalized spacial score (nSPS) is 15.0. The molecule has 21 heavy (non-hydrogen) atoms. The van der Waals surface area contributed by atoms with Crippen LogP contribution in [0.25, 0.3) is 0 Å². The van der Waals surface area contributed by atoms with Gasteiger partial charge in [-0.15, -0.1) is 0 Å². The molecule has 0 heterocycles. The van der Waals surface area contributed by atoms with Crippen molar-refractivity contribution in [3.63, 3.8) is 0 Å². The maximum absolute atomic E-state index is 13.8. The van der Waals surface area contributed by atoms with Crippen molar-refractivity contribution in [1.82, 2.24) is 5.32 Å². The number of carbonyl (C=O) groups is 1. The smallest absolute Gasteiger partial charge is 0.254 e. The minimum atomic E-state index is -0.552. The molecular weight excluding hydrogens is 269 g/mol. The minimum Gasteiger partial charge on any atom is -0.384 e. The summed E-state index contributed by atoms with van der Waals surface area (Å²) in [5.74, 6) is 4.93. The fourth-order valence-electron chi connectivity index (χ4n) is 2.27. The lowest BCUT2D eigenvalue weighted by Gasteiger charge is -2.17. The summed E-state index contributed by atoms with van der Waals surface area (Å²) in [6.45, 7) is 1.75. The van der Waals surface area contributed by atoms with Crippen LogP contribution >= 0.6 is 0 Å². The molecule has 1 fully saturated rings. The zero-order valence-corrected chi connectivity index (χ0v) is 12.2. The second-order valence-corrected chi connectivity index (χ2v) is 5.41. The number of halogens is 1. The van der Waals surface area contributed by atoms with E-state index < -0.39 is 11.7 Å². The monoisotopic (exact) mass is 289 g/mol. The highest BCUT2D eigenvalue weighted by molar-refractivity contribution is 5.95. The van der Waals surface area contributed by atoms with E-state index in [1.165, 1.54) is 31.0 Å². The van der Waals surface area contributed by atoms with E-state index in [0.29, 0.717) is 11.5 Å². The molecular formula is C17H20FNO2. The number of rotatable bonds is 5. The summed E-state index contributed by atoms with van der Waals surface area (Å²) >= 11 is 0. The molecule has 1 unspecified atom stereocenters. The van der Waals surface area contributed by atoms with Crippen molar-refractivity contribution in [3.8, 4) is 11.8 Å². The minimum absolute atomic E-state index is 0.00832. The zero-order chi connectivity index (χ0) is 15.2. The lowest BCUT2D eigenvalue weighted by atomic mass is 10.1. The molecule has 4 heteroatoms. The van der Waals surface area contributed by atoms with Gasteiger partial charge in [-0.25, -0.2) is 4.39 Å². The Labute approximate surface area is 124 Å². The van der Waals surface area contributed by atoms with Gasteiger partial charge in [-0.3, -0.25) is 4.79 Å². The molecule has 0 radical (unpaired) electrons. The Bertz CT molecular complexity index is 570. The number of hydrogen-bond donors (Lipinski definition) is 2. The van der Waals surface area contributed by atoms with Gasteiger partial charge in [-0.2, -0.15) is 0 Å². The first-order chi connectivity index (χ1) is 10.1. The van der Waals surface area contributed by atoms with Crippen LogP contribution in [0.5, 0.6) is 0 Å². The van der Waals surface area contributed by atoms with E-state index in [-0.39, 0.29) is 18.2 Å². The van der Waals surface area contributed by atoms with Crippen molar-refractivity contribution in [2.75, 3.05) is 6.61 Å². The first-order valence-corrected chi connectivity index (χ1v) is 7.34. The highest BCUT2D eigenvalue weighted by atomic mass is 19.1. The fourth-order valence-corrected chi connectivity index (χ4v) is 2.27. The Morgan fingerprint density at radius 2 is 2.29 bits per heavy atom. The highest BCUT2D eigenvalue weighted by Crippen LogP contribution is 2.34. The summed E-state index contributed by atoms with van der Waals surface area (Å²) in [5.41, 5.74) is 0.528. The molecule has 1 aliphatic rings. The van der Waals surface area contributed by atoms with Gasteiger partial charge < -0.3 is 10.4 Å². The van der Waals surface area contributed by atoms with E-state index in [1.54, 1.807) is 0 Å². The van der Waals surface area contributed by atoms with Gasteiger partial charge in [0.05, 0.1) is 5.56 Å². The fraction of sp³-hybridized carbons (Fsp3) is 0.471. The maximum atomic E-state index is 13.8. The van der Waals surface area contributed by atoms with Gasteiger partial charge in [-0.1, -0.05) is 31.6 Å². The summed E-state index contributed by atoms with van der Waals surface area (Å²) in [6.07, 6.45) is 4.27. The topological polar surface area (TPSA) is 49.3 Å². The third-order valence-electron chi connectivity index (χ3n) is 3.67. The standard InChI is InChI=1S/C17H20FNO2/c1-2-14(10-13-5-6-13)19-17(21)15-11-12(4-3-9-20)7-8-16(15)18/h7-8,11,13-14,20H,2,5-6,9-10H2,1H3,(H,19,21). The van der Waals surface area contributed by atoms with Gasteiger partial charge in [0.1, 0.15) is 12.4 Å². The van der Waals surface area contributed by atoms with Crippen LogP contribution < -0.4 is 5.32 Å². The molecule has 1 atom stereocenters. The lowest BCUT2D eigenvalue weighted by Crippen LogP contribution is -2.35. The van der Waals surface area contributed by atoms with E-state index in [9.17, 15) is 9.18 Å². The van der Waals surface area contributed by atoms with Crippen molar-refractivity contribution in [2.24, 2.45) is 5.92 Å². The van der Waals surface area contributed by atoms with E-state index in [4.69, 9.17) is 5.11 Å². The summed E-state index contributed by atoms with van der Waals surface area (Å²) in [7, 11) is 0. The van der Waals surface area contributed by atoms with Crippen LogP contribution in [0.2, 0.25) is 0 Å². The van der Waals surface area contributed by atoms with Crippen molar-refractivity contribution < 1.29 is 14.3 Å². The third-order valence-corrected chi connectivity index (χ3v) is 3.67. The number of carbonyl (C=O) groups excluding carboxylic acids is 1. The molecule has 0 aromatic heterocycles. The molecule has 2 N–H and O–H groups in total. The Hall–Kier alpha value is -1.86. The third kappa shape index (κ3) is 4.57. The second kappa shape index (κ2) is 7.24. The van der Waals surface area contributed by atoms with Crippen LogP contribution in [0.15, 0.2) is 18.2 Å². The first kappa shape index (κ1) is 15.5. The number of benzene rings is 1. The van der Waals surface area contributed by atoms with Gasteiger partial charge in [0.15, 0.2) is 0 Å². The number of aliphatic hydroxyl groups is 1. The predicted octanol–water partition coefficient (Wildman–Crippen LogP) is 2.48. The number of amides is 1. The summed E-state index contributed by atoms with van der Waals surface area (Å²) in [6, 6.07) is 4.25. The van der Waals surface area contributed by atoms with E-state index >= 15 is 0 Å². The lowest BCUT2D eigenvalue weighted by molar-refractivity contribution is 0.0928. The van der Waals surface area contributed by atoms with E-state index in [1.807, 2.05) is 6.92 Å². The molecule has 112 valence electrons. The Balaban J connectivity index is 2.09. The quantitative estimate of drug-likeness (QED) is 0.818. The van der Waals surface area contributed by atoms with Crippen molar-refractivity contribution in [1.29, 1.82) is 0 Å². The molecule has 1 aromatic carbocycles. The maximum Gasteiger partial charge on any atom is 0.254 e. The molecule has 1 aliphatic carbocycles. The molecule has 0 aliphatic heterocycles. The number of aliphatic hydroxyl groups excluding tert-OH is 1. The first-order valence-electron chi connectivity index (χ1n) is 7.34.